The number of rotatable bonds is 4. The summed E-state index contributed by atoms with van der Waals surface area (Å²) in [6, 6.07) is 15.2. The van der Waals surface area contributed by atoms with Gasteiger partial charge in [0.05, 0.1) is 5.37 Å². The van der Waals surface area contributed by atoms with E-state index in [0.29, 0.717) is 5.75 Å². The number of carboxylic acids is 1. The molecule has 0 aliphatic carbocycles. The fourth-order valence-electron chi connectivity index (χ4n) is 2.26. The van der Waals surface area contributed by atoms with Crippen LogP contribution in [0.4, 0.5) is 0 Å². The van der Waals surface area contributed by atoms with Crippen LogP contribution in [0.5, 0.6) is 11.5 Å². The predicted molar refractivity (Wildman–Crippen MR) is 87.5 cm³/mol. The number of hydrogen-bond donors (Lipinski definition) is 2. The molecule has 0 amide bonds. The number of carbonyl (C=O) groups is 1. The van der Waals surface area contributed by atoms with Gasteiger partial charge >= 0.3 is 5.97 Å². The van der Waals surface area contributed by atoms with Crippen LogP contribution in [0.15, 0.2) is 48.5 Å². The molecule has 0 bridgehead atoms. The molecule has 2 atom stereocenters. The predicted octanol–water partition coefficient (Wildman–Crippen LogP) is 3.58. The minimum absolute atomic E-state index is 0.0227. The second-order valence-corrected chi connectivity index (χ2v) is 6.39. The number of aliphatic carboxylic acids is 1. The first-order valence-corrected chi connectivity index (χ1v) is 8.11. The smallest absolute Gasteiger partial charge is 0.321 e. The zero-order valence-electron chi connectivity index (χ0n) is 12.2. The lowest BCUT2D eigenvalue weighted by Crippen LogP contribution is -2.33. The van der Waals surface area contributed by atoms with Crippen LogP contribution < -0.4 is 10.1 Å². The maximum Gasteiger partial charge on any atom is 0.321 e. The molecule has 5 heteroatoms. The fraction of sp³-hybridized carbons (Fsp3) is 0.235. The Morgan fingerprint density at radius 3 is 2.27 bits per heavy atom. The van der Waals surface area contributed by atoms with E-state index >= 15 is 0 Å². The van der Waals surface area contributed by atoms with Crippen molar-refractivity contribution < 1.29 is 14.6 Å². The van der Waals surface area contributed by atoms with E-state index in [1.165, 1.54) is 5.56 Å². The third kappa shape index (κ3) is 3.43. The highest BCUT2D eigenvalue weighted by atomic mass is 32.2. The summed E-state index contributed by atoms with van der Waals surface area (Å²) in [4.78, 5) is 11.0. The Morgan fingerprint density at radius 1 is 1.14 bits per heavy atom. The Bertz CT molecular complexity index is 655. The van der Waals surface area contributed by atoms with Crippen molar-refractivity contribution in [2.45, 2.75) is 18.3 Å². The number of aryl methyl sites for hydroxylation is 1. The molecule has 0 radical (unpaired) electrons. The number of nitrogens with one attached hydrogen (secondary N) is 1. The monoisotopic (exact) mass is 315 g/mol. The number of benzene rings is 2. The Hall–Kier alpha value is -1.98. The molecule has 2 aromatic rings. The van der Waals surface area contributed by atoms with Gasteiger partial charge in [0, 0.05) is 5.75 Å². The number of carboxylic acid groups (broad SMARTS) is 1. The van der Waals surface area contributed by atoms with Crippen molar-refractivity contribution in [2.24, 2.45) is 0 Å². The number of thioether (sulfide) groups is 1. The van der Waals surface area contributed by atoms with Crippen LogP contribution >= 0.6 is 11.8 Å². The van der Waals surface area contributed by atoms with Gasteiger partial charge in [-0.2, -0.15) is 0 Å². The normalized spacial score (nSPS) is 20.8. The molecule has 3 rings (SSSR count). The number of ether oxygens (including phenoxy) is 1. The van der Waals surface area contributed by atoms with E-state index in [-0.39, 0.29) is 5.37 Å². The van der Waals surface area contributed by atoms with Gasteiger partial charge in [-0.1, -0.05) is 29.8 Å². The maximum absolute atomic E-state index is 11.0. The SMILES string of the molecule is Cc1ccc(Oc2ccc(C3NC(C(=O)O)CS3)cc2)cc1. The summed E-state index contributed by atoms with van der Waals surface area (Å²) in [5, 5.41) is 12.1. The summed E-state index contributed by atoms with van der Waals surface area (Å²) in [7, 11) is 0. The van der Waals surface area contributed by atoms with E-state index in [2.05, 4.69) is 5.32 Å². The van der Waals surface area contributed by atoms with E-state index in [1.54, 1.807) is 11.8 Å². The maximum atomic E-state index is 11.0. The standard InChI is InChI=1S/C17H17NO3S/c1-11-2-6-13(7-3-11)21-14-8-4-12(5-9-14)16-18-15(10-22-16)17(19)20/h2-9,15-16,18H,10H2,1H3,(H,19,20). The summed E-state index contributed by atoms with van der Waals surface area (Å²) in [6.45, 7) is 2.04. The van der Waals surface area contributed by atoms with Crippen LogP contribution in [0.3, 0.4) is 0 Å². The summed E-state index contributed by atoms with van der Waals surface area (Å²) in [5.74, 6) is 1.36. The van der Waals surface area contributed by atoms with Crippen molar-refractivity contribution >= 4 is 17.7 Å². The van der Waals surface area contributed by atoms with Crippen LogP contribution in [-0.2, 0) is 4.79 Å². The first-order chi connectivity index (χ1) is 10.6. The highest BCUT2D eigenvalue weighted by Crippen LogP contribution is 2.34. The van der Waals surface area contributed by atoms with Crippen molar-refractivity contribution in [2.75, 3.05) is 5.75 Å². The quantitative estimate of drug-likeness (QED) is 0.903. The van der Waals surface area contributed by atoms with Gasteiger partial charge in [0.2, 0.25) is 0 Å². The van der Waals surface area contributed by atoms with Gasteiger partial charge in [0.25, 0.3) is 0 Å². The zero-order chi connectivity index (χ0) is 15.5. The molecule has 4 nitrogen and oxygen atoms in total. The summed E-state index contributed by atoms with van der Waals surface area (Å²) in [5.41, 5.74) is 2.25. The van der Waals surface area contributed by atoms with Crippen molar-refractivity contribution in [3.8, 4) is 11.5 Å². The Labute approximate surface area is 133 Å². The second-order valence-electron chi connectivity index (χ2n) is 5.26. The van der Waals surface area contributed by atoms with Crippen LogP contribution in [0.25, 0.3) is 0 Å². The highest BCUT2D eigenvalue weighted by molar-refractivity contribution is 7.99. The van der Waals surface area contributed by atoms with Crippen molar-refractivity contribution in [3.63, 3.8) is 0 Å². The molecule has 0 aromatic heterocycles. The molecule has 2 N–H and O–H groups in total. The molecule has 2 aromatic carbocycles. The molecule has 1 fully saturated rings. The largest absolute Gasteiger partial charge is 0.480 e. The molecule has 1 saturated heterocycles. The van der Waals surface area contributed by atoms with E-state index in [1.807, 2.05) is 55.5 Å². The minimum atomic E-state index is -0.797. The average molecular weight is 315 g/mol. The molecule has 1 aliphatic rings. The molecular formula is C17H17NO3S. The Morgan fingerprint density at radius 2 is 1.73 bits per heavy atom. The van der Waals surface area contributed by atoms with Crippen LogP contribution in [0.2, 0.25) is 0 Å². The highest BCUT2D eigenvalue weighted by Gasteiger charge is 2.30. The molecular weight excluding hydrogens is 298 g/mol. The molecule has 114 valence electrons. The van der Waals surface area contributed by atoms with E-state index < -0.39 is 12.0 Å². The molecule has 22 heavy (non-hydrogen) atoms. The molecule has 1 heterocycles. The van der Waals surface area contributed by atoms with Gasteiger partial charge in [-0.15, -0.1) is 11.8 Å². The van der Waals surface area contributed by atoms with Crippen molar-refractivity contribution in [3.05, 3.63) is 59.7 Å². The third-order valence-electron chi connectivity index (χ3n) is 3.52. The molecule has 2 unspecified atom stereocenters. The second kappa shape index (κ2) is 6.42. The van der Waals surface area contributed by atoms with E-state index in [0.717, 1.165) is 17.1 Å². The summed E-state index contributed by atoms with van der Waals surface area (Å²) >= 11 is 1.61. The van der Waals surface area contributed by atoms with Gasteiger partial charge in [0.1, 0.15) is 17.5 Å². The van der Waals surface area contributed by atoms with Crippen LogP contribution in [0, 0.1) is 6.92 Å². The fourth-order valence-corrected chi connectivity index (χ4v) is 3.49. The minimum Gasteiger partial charge on any atom is -0.480 e. The van der Waals surface area contributed by atoms with Crippen molar-refractivity contribution in [1.82, 2.24) is 5.32 Å². The van der Waals surface area contributed by atoms with E-state index in [9.17, 15) is 4.79 Å². The van der Waals surface area contributed by atoms with Gasteiger partial charge in [-0.05, 0) is 36.8 Å². The Kier molecular flexibility index (Phi) is 4.36. The van der Waals surface area contributed by atoms with Gasteiger partial charge in [-0.25, -0.2) is 0 Å². The summed E-state index contributed by atoms with van der Waals surface area (Å²) < 4.78 is 5.79. The lowest BCUT2D eigenvalue weighted by molar-refractivity contribution is -0.138. The van der Waals surface area contributed by atoms with Gasteiger partial charge in [-0.3, -0.25) is 10.1 Å². The van der Waals surface area contributed by atoms with Crippen LogP contribution in [0.1, 0.15) is 16.5 Å². The lowest BCUT2D eigenvalue weighted by atomic mass is 10.2. The lowest BCUT2D eigenvalue weighted by Gasteiger charge is -2.12. The van der Waals surface area contributed by atoms with Crippen molar-refractivity contribution in [1.29, 1.82) is 0 Å². The van der Waals surface area contributed by atoms with Gasteiger partial charge < -0.3 is 9.84 Å². The first kappa shape index (κ1) is 14.9. The zero-order valence-corrected chi connectivity index (χ0v) is 13.0. The van der Waals surface area contributed by atoms with E-state index in [4.69, 9.17) is 9.84 Å². The first-order valence-electron chi connectivity index (χ1n) is 7.07. The summed E-state index contributed by atoms with van der Waals surface area (Å²) in [6.07, 6.45) is 0. The van der Waals surface area contributed by atoms with Gasteiger partial charge in [0.15, 0.2) is 0 Å². The van der Waals surface area contributed by atoms with Crippen LogP contribution in [-0.4, -0.2) is 22.9 Å². The Balaban J connectivity index is 1.65. The number of hydrogen-bond acceptors (Lipinski definition) is 4. The third-order valence-corrected chi connectivity index (χ3v) is 4.79. The molecule has 0 saturated carbocycles. The average Bonchev–Trinajstić information content (AvgIpc) is 3.00. The molecule has 1 aliphatic heterocycles. The molecule has 0 spiro atoms. The topological polar surface area (TPSA) is 58.6 Å².